The first kappa shape index (κ1) is 16.2. The van der Waals surface area contributed by atoms with Crippen LogP contribution in [0.25, 0.3) is 0 Å². The monoisotopic (exact) mass is 262 g/mol. The molecule has 1 aromatic rings. The second-order valence-corrected chi connectivity index (χ2v) is 6.14. The molecule has 2 nitrogen and oxygen atoms in total. The fourth-order valence-corrected chi connectivity index (χ4v) is 2.39. The van der Waals surface area contributed by atoms with Gasteiger partial charge in [0, 0.05) is 19.1 Å². The number of hydrogen-bond donors (Lipinski definition) is 1. The highest BCUT2D eigenvalue weighted by atomic mass is 15.1. The Morgan fingerprint density at radius 3 is 2.11 bits per heavy atom. The van der Waals surface area contributed by atoms with Crippen molar-refractivity contribution >= 4 is 0 Å². The van der Waals surface area contributed by atoms with Gasteiger partial charge in [-0.15, -0.1) is 0 Å². The van der Waals surface area contributed by atoms with E-state index in [0.29, 0.717) is 6.04 Å². The standard InChI is InChI=1S/C17H30N2/c1-6-15-7-9-16(10-8-15)12-18-17(11-14(2)3)13-19(4)5/h7-10,14,17-18H,6,11-13H2,1-5H3. The van der Waals surface area contributed by atoms with E-state index in [-0.39, 0.29) is 0 Å². The van der Waals surface area contributed by atoms with E-state index in [1.165, 1.54) is 17.5 Å². The minimum atomic E-state index is 0.570. The van der Waals surface area contributed by atoms with E-state index in [2.05, 4.69) is 69.3 Å². The topological polar surface area (TPSA) is 15.3 Å². The summed E-state index contributed by atoms with van der Waals surface area (Å²) in [5.41, 5.74) is 2.79. The van der Waals surface area contributed by atoms with Crippen molar-refractivity contribution in [1.82, 2.24) is 10.2 Å². The lowest BCUT2D eigenvalue weighted by atomic mass is 10.0. The molecule has 1 atom stereocenters. The van der Waals surface area contributed by atoms with E-state index in [9.17, 15) is 0 Å². The van der Waals surface area contributed by atoms with Crippen LogP contribution < -0.4 is 5.32 Å². The van der Waals surface area contributed by atoms with Gasteiger partial charge in [0.15, 0.2) is 0 Å². The average Bonchev–Trinajstić information content (AvgIpc) is 2.35. The lowest BCUT2D eigenvalue weighted by molar-refractivity contribution is 0.305. The van der Waals surface area contributed by atoms with Crippen molar-refractivity contribution < 1.29 is 0 Å². The third-order valence-corrected chi connectivity index (χ3v) is 3.37. The molecule has 1 unspecified atom stereocenters. The van der Waals surface area contributed by atoms with Gasteiger partial charge in [-0.1, -0.05) is 45.0 Å². The van der Waals surface area contributed by atoms with Crippen molar-refractivity contribution in [1.29, 1.82) is 0 Å². The van der Waals surface area contributed by atoms with Crippen LogP contribution >= 0.6 is 0 Å². The van der Waals surface area contributed by atoms with Crippen molar-refractivity contribution in [3.05, 3.63) is 35.4 Å². The Morgan fingerprint density at radius 2 is 1.63 bits per heavy atom. The van der Waals surface area contributed by atoms with Crippen molar-refractivity contribution in [2.75, 3.05) is 20.6 Å². The lowest BCUT2D eigenvalue weighted by Gasteiger charge is -2.24. The Kier molecular flexibility index (Phi) is 7.11. The number of nitrogens with one attached hydrogen (secondary N) is 1. The van der Waals surface area contributed by atoms with E-state index < -0.39 is 0 Å². The molecule has 2 heteroatoms. The Hall–Kier alpha value is -0.860. The van der Waals surface area contributed by atoms with Crippen molar-refractivity contribution in [3.8, 4) is 0 Å². The zero-order valence-electron chi connectivity index (χ0n) is 13.2. The molecule has 0 aliphatic rings. The lowest BCUT2D eigenvalue weighted by Crippen LogP contribution is -2.38. The van der Waals surface area contributed by atoms with E-state index in [4.69, 9.17) is 0 Å². The van der Waals surface area contributed by atoms with Crippen LogP contribution in [0.2, 0.25) is 0 Å². The first-order valence-electron chi connectivity index (χ1n) is 7.47. The zero-order valence-corrected chi connectivity index (χ0v) is 13.2. The molecule has 1 rings (SSSR count). The number of hydrogen-bond acceptors (Lipinski definition) is 2. The fraction of sp³-hybridized carbons (Fsp3) is 0.647. The summed E-state index contributed by atoms with van der Waals surface area (Å²) >= 11 is 0. The molecule has 0 spiro atoms. The van der Waals surface area contributed by atoms with Crippen LogP contribution in [0, 0.1) is 5.92 Å². The highest BCUT2D eigenvalue weighted by Gasteiger charge is 2.11. The van der Waals surface area contributed by atoms with Crippen LogP contribution in [-0.2, 0) is 13.0 Å². The summed E-state index contributed by atoms with van der Waals surface area (Å²) in [7, 11) is 4.29. The number of rotatable bonds is 8. The van der Waals surface area contributed by atoms with Crippen LogP contribution in [0.1, 0.15) is 38.3 Å². The summed E-state index contributed by atoms with van der Waals surface area (Å²) in [5, 5.41) is 3.69. The first-order valence-corrected chi connectivity index (χ1v) is 7.47. The van der Waals surface area contributed by atoms with Gasteiger partial charge in [-0.05, 0) is 44.0 Å². The maximum atomic E-state index is 3.69. The first-order chi connectivity index (χ1) is 9.01. The number of aryl methyl sites for hydroxylation is 1. The largest absolute Gasteiger partial charge is 0.309 e. The molecule has 0 amide bonds. The van der Waals surface area contributed by atoms with Gasteiger partial charge in [0.25, 0.3) is 0 Å². The highest BCUT2D eigenvalue weighted by Crippen LogP contribution is 2.08. The minimum Gasteiger partial charge on any atom is -0.309 e. The maximum absolute atomic E-state index is 3.69. The second kappa shape index (κ2) is 8.34. The molecule has 19 heavy (non-hydrogen) atoms. The van der Waals surface area contributed by atoms with E-state index in [0.717, 1.165) is 25.4 Å². The smallest absolute Gasteiger partial charge is 0.0208 e. The molecule has 0 aliphatic heterocycles. The molecule has 0 saturated heterocycles. The maximum Gasteiger partial charge on any atom is 0.0208 e. The van der Waals surface area contributed by atoms with E-state index >= 15 is 0 Å². The highest BCUT2D eigenvalue weighted by molar-refractivity contribution is 5.22. The number of likely N-dealkylation sites (N-methyl/N-ethyl adjacent to an activating group) is 1. The summed E-state index contributed by atoms with van der Waals surface area (Å²) < 4.78 is 0. The molecule has 1 aromatic carbocycles. The molecule has 0 radical (unpaired) electrons. The van der Waals surface area contributed by atoms with Gasteiger partial charge in [-0.3, -0.25) is 0 Å². The molecule has 108 valence electrons. The molecule has 0 heterocycles. The van der Waals surface area contributed by atoms with Gasteiger partial charge in [0.1, 0.15) is 0 Å². The van der Waals surface area contributed by atoms with Crippen LogP contribution in [-0.4, -0.2) is 31.6 Å². The molecule has 0 aliphatic carbocycles. The third-order valence-electron chi connectivity index (χ3n) is 3.37. The predicted molar refractivity (Wildman–Crippen MR) is 84.5 cm³/mol. The van der Waals surface area contributed by atoms with Gasteiger partial charge in [0.05, 0.1) is 0 Å². The summed E-state index contributed by atoms with van der Waals surface area (Å²) in [5.74, 6) is 0.736. The van der Waals surface area contributed by atoms with Crippen LogP contribution in [0.5, 0.6) is 0 Å². The van der Waals surface area contributed by atoms with Gasteiger partial charge in [0.2, 0.25) is 0 Å². The van der Waals surface area contributed by atoms with Gasteiger partial charge < -0.3 is 10.2 Å². The summed E-state index contributed by atoms with van der Waals surface area (Å²) in [6, 6.07) is 9.53. The zero-order chi connectivity index (χ0) is 14.3. The van der Waals surface area contributed by atoms with Crippen LogP contribution in [0.4, 0.5) is 0 Å². The SMILES string of the molecule is CCc1ccc(CNC(CC(C)C)CN(C)C)cc1. The quantitative estimate of drug-likeness (QED) is 0.773. The predicted octanol–water partition coefficient (Wildman–Crippen LogP) is 3.31. The van der Waals surface area contributed by atoms with Gasteiger partial charge in [-0.2, -0.15) is 0 Å². The van der Waals surface area contributed by atoms with Gasteiger partial charge >= 0.3 is 0 Å². The normalized spacial score (nSPS) is 13.2. The summed E-state index contributed by atoms with van der Waals surface area (Å²) in [6.07, 6.45) is 2.34. The molecular formula is C17H30N2. The van der Waals surface area contributed by atoms with Crippen LogP contribution in [0.3, 0.4) is 0 Å². The Morgan fingerprint density at radius 1 is 1.05 bits per heavy atom. The van der Waals surface area contributed by atoms with E-state index in [1.54, 1.807) is 0 Å². The molecule has 0 bridgehead atoms. The Bertz CT molecular complexity index is 331. The molecule has 0 fully saturated rings. The Balaban J connectivity index is 2.49. The van der Waals surface area contributed by atoms with Crippen molar-refractivity contribution in [2.45, 2.75) is 46.2 Å². The fourth-order valence-electron chi connectivity index (χ4n) is 2.39. The second-order valence-electron chi connectivity index (χ2n) is 6.14. The molecular weight excluding hydrogens is 232 g/mol. The average molecular weight is 262 g/mol. The van der Waals surface area contributed by atoms with Crippen molar-refractivity contribution in [3.63, 3.8) is 0 Å². The van der Waals surface area contributed by atoms with Crippen molar-refractivity contribution in [2.24, 2.45) is 5.92 Å². The summed E-state index contributed by atoms with van der Waals surface area (Å²) in [6.45, 7) is 8.85. The molecule has 0 saturated carbocycles. The Labute approximate surface area is 119 Å². The minimum absolute atomic E-state index is 0.570. The number of benzene rings is 1. The molecule has 1 N–H and O–H groups in total. The third kappa shape index (κ3) is 6.74. The van der Waals surface area contributed by atoms with Gasteiger partial charge in [-0.25, -0.2) is 0 Å². The van der Waals surface area contributed by atoms with Crippen LogP contribution in [0.15, 0.2) is 24.3 Å². The molecule has 0 aromatic heterocycles. The summed E-state index contributed by atoms with van der Waals surface area (Å²) in [4.78, 5) is 2.26. The van der Waals surface area contributed by atoms with E-state index in [1.807, 2.05) is 0 Å². The number of nitrogens with zero attached hydrogens (tertiary/aromatic N) is 1.